The van der Waals surface area contributed by atoms with Gasteiger partial charge in [0.25, 0.3) is 0 Å². The molecule has 1 heteroatoms. The lowest BCUT2D eigenvalue weighted by molar-refractivity contribution is 0.0511. The average molecular weight is 346 g/mol. The predicted molar refractivity (Wildman–Crippen MR) is 109 cm³/mol. The minimum atomic E-state index is 0.418. The van der Waals surface area contributed by atoms with Crippen molar-refractivity contribution < 1.29 is 0 Å². The lowest BCUT2D eigenvalue weighted by Crippen LogP contribution is -2.45. The van der Waals surface area contributed by atoms with Crippen molar-refractivity contribution in [3.63, 3.8) is 0 Å². The van der Waals surface area contributed by atoms with Crippen molar-refractivity contribution in [2.45, 2.75) is 58.4 Å². The van der Waals surface area contributed by atoms with Crippen LogP contribution in [0.2, 0.25) is 0 Å². The first-order valence-electron chi connectivity index (χ1n) is 10.5. The van der Waals surface area contributed by atoms with Crippen LogP contribution in [-0.2, 0) is 12.8 Å². The zero-order valence-electron chi connectivity index (χ0n) is 16.5. The lowest BCUT2D eigenvalue weighted by Gasteiger charge is -2.49. The normalized spacial score (nSPS) is 27.9. The van der Waals surface area contributed by atoms with E-state index in [1.54, 1.807) is 27.8 Å². The van der Waals surface area contributed by atoms with Gasteiger partial charge in [0.1, 0.15) is 0 Å². The molecule has 1 saturated heterocycles. The van der Waals surface area contributed by atoms with Gasteiger partial charge in [0.05, 0.1) is 0 Å². The lowest BCUT2D eigenvalue weighted by atomic mass is 9.69. The monoisotopic (exact) mass is 345 g/mol. The highest BCUT2D eigenvalue weighted by Gasteiger charge is 2.42. The zero-order chi connectivity index (χ0) is 17.9. The summed E-state index contributed by atoms with van der Waals surface area (Å²) in [7, 11) is 0. The van der Waals surface area contributed by atoms with Crippen LogP contribution >= 0.6 is 0 Å². The Labute approximate surface area is 158 Å². The van der Waals surface area contributed by atoms with Gasteiger partial charge >= 0.3 is 0 Å². The third-order valence-corrected chi connectivity index (χ3v) is 7.39. The van der Waals surface area contributed by atoms with Crippen LogP contribution < -0.4 is 0 Å². The topological polar surface area (TPSA) is 3.24 Å². The maximum absolute atomic E-state index is 2.81. The van der Waals surface area contributed by atoms with Gasteiger partial charge in [-0.15, -0.1) is 0 Å². The van der Waals surface area contributed by atoms with E-state index in [-0.39, 0.29) is 0 Å². The number of nitrogens with zero attached hydrogens (tertiary/aromatic N) is 1. The first kappa shape index (κ1) is 16.6. The minimum Gasteiger partial charge on any atom is -0.295 e. The van der Waals surface area contributed by atoms with Crippen molar-refractivity contribution >= 4 is 0 Å². The second-order valence-electron chi connectivity index (χ2n) is 9.77. The third kappa shape index (κ3) is 2.55. The number of hydrogen-bond acceptors (Lipinski definition) is 1. The molecule has 0 bridgehead atoms. The molecule has 1 nitrogen and oxygen atoms in total. The fraction of sp³-hybridized carbons (Fsp3) is 0.520. The Bertz CT molecular complexity index is 828. The number of fused-ring (bicyclic) bond motifs is 4. The second-order valence-corrected chi connectivity index (χ2v) is 9.77. The fourth-order valence-corrected chi connectivity index (χ4v) is 5.86. The van der Waals surface area contributed by atoms with E-state index in [2.05, 4.69) is 68.1 Å². The zero-order valence-corrected chi connectivity index (χ0v) is 16.5. The van der Waals surface area contributed by atoms with Gasteiger partial charge in [0.2, 0.25) is 0 Å². The Hall–Kier alpha value is -1.60. The van der Waals surface area contributed by atoms with Crippen LogP contribution in [-0.4, -0.2) is 18.0 Å². The van der Waals surface area contributed by atoms with E-state index in [0.717, 1.165) is 5.92 Å². The molecule has 1 fully saturated rings. The second kappa shape index (κ2) is 5.96. The highest BCUT2D eigenvalue weighted by molar-refractivity contribution is 5.51. The summed E-state index contributed by atoms with van der Waals surface area (Å²) in [4.78, 5) is 2.81. The number of rotatable bonds is 0. The molecule has 1 unspecified atom stereocenters. The smallest absolute Gasteiger partial charge is 0.0354 e. The molecular weight excluding hydrogens is 314 g/mol. The summed E-state index contributed by atoms with van der Waals surface area (Å²) in [5.74, 6) is 1.40. The average Bonchev–Trinajstić information content (AvgIpc) is 2.80. The fourth-order valence-electron chi connectivity index (χ4n) is 5.86. The molecule has 3 aliphatic rings. The SMILES string of the molecule is CC(C)(C)C1CCN2C[C@H]3c4ccccc4CCc4cccc(c43)[C@@H]2C1. The molecule has 5 rings (SSSR count). The van der Waals surface area contributed by atoms with Crippen molar-refractivity contribution in [1.82, 2.24) is 4.90 Å². The van der Waals surface area contributed by atoms with Crippen LogP contribution in [0.5, 0.6) is 0 Å². The number of piperidine rings is 1. The maximum atomic E-state index is 2.81. The Morgan fingerprint density at radius 3 is 2.46 bits per heavy atom. The Balaban J connectivity index is 1.62. The van der Waals surface area contributed by atoms with Crippen LogP contribution in [0, 0.1) is 11.3 Å². The molecular formula is C25H31N. The molecule has 0 N–H and O–H groups in total. The molecule has 2 aliphatic heterocycles. The number of hydrogen-bond donors (Lipinski definition) is 0. The highest BCUT2D eigenvalue weighted by atomic mass is 15.2. The molecule has 3 atom stereocenters. The quantitative estimate of drug-likeness (QED) is 0.589. The van der Waals surface area contributed by atoms with E-state index in [1.165, 1.54) is 38.8 Å². The van der Waals surface area contributed by atoms with Crippen molar-refractivity contribution in [2.75, 3.05) is 13.1 Å². The van der Waals surface area contributed by atoms with Gasteiger partial charge in [0.15, 0.2) is 0 Å². The van der Waals surface area contributed by atoms with Crippen molar-refractivity contribution in [2.24, 2.45) is 11.3 Å². The van der Waals surface area contributed by atoms with E-state index in [0.29, 0.717) is 17.4 Å². The highest BCUT2D eigenvalue weighted by Crippen LogP contribution is 2.50. The van der Waals surface area contributed by atoms with E-state index in [4.69, 9.17) is 0 Å². The van der Waals surface area contributed by atoms with E-state index >= 15 is 0 Å². The molecule has 26 heavy (non-hydrogen) atoms. The van der Waals surface area contributed by atoms with Gasteiger partial charge in [-0.2, -0.15) is 0 Å². The van der Waals surface area contributed by atoms with Crippen LogP contribution in [0.1, 0.15) is 73.4 Å². The molecule has 0 saturated carbocycles. The number of aryl methyl sites for hydroxylation is 2. The summed E-state index contributed by atoms with van der Waals surface area (Å²) in [6.07, 6.45) is 5.07. The van der Waals surface area contributed by atoms with Gasteiger partial charge in [-0.05, 0) is 71.4 Å². The summed E-state index contributed by atoms with van der Waals surface area (Å²) >= 11 is 0. The molecule has 2 aromatic carbocycles. The summed E-state index contributed by atoms with van der Waals surface area (Å²) in [5.41, 5.74) is 8.53. The standard InChI is InChI=1S/C25H31N/c1-25(2,3)19-13-14-26-16-22-20-9-5-4-7-17(20)11-12-18-8-6-10-21(24(18)22)23(26)15-19/h4-10,19,22-23H,11-16H2,1-3H3/t19?,22-,23-/m0/s1. The summed E-state index contributed by atoms with van der Waals surface area (Å²) in [5, 5.41) is 0. The van der Waals surface area contributed by atoms with E-state index < -0.39 is 0 Å². The van der Waals surface area contributed by atoms with Gasteiger partial charge in [-0.1, -0.05) is 63.2 Å². The molecule has 2 aromatic rings. The molecule has 2 heterocycles. The Morgan fingerprint density at radius 2 is 1.62 bits per heavy atom. The van der Waals surface area contributed by atoms with Gasteiger partial charge in [-0.25, -0.2) is 0 Å². The molecule has 0 spiro atoms. The summed E-state index contributed by atoms with van der Waals surface area (Å²) in [6, 6.07) is 17.0. The van der Waals surface area contributed by atoms with Crippen LogP contribution in [0.15, 0.2) is 42.5 Å². The largest absolute Gasteiger partial charge is 0.295 e. The molecule has 0 aromatic heterocycles. The van der Waals surface area contributed by atoms with Crippen molar-refractivity contribution in [1.29, 1.82) is 0 Å². The number of benzene rings is 2. The maximum Gasteiger partial charge on any atom is 0.0354 e. The predicted octanol–water partition coefficient (Wildman–Crippen LogP) is 5.73. The van der Waals surface area contributed by atoms with Crippen LogP contribution in [0.4, 0.5) is 0 Å². The molecule has 0 radical (unpaired) electrons. The Morgan fingerprint density at radius 1 is 0.885 bits per heavy atom. The first-order chi connectivity index (χ1) is 12.5. The van der Waals surface area contributed by atoms with Crippen molar-refractivity contribution in [3.8, 4) is 0 Å². The van der Waals surface area contributed by atoms with E-state index in [1.807, 2.05) is 0 Å². The third-order valence-electron chi connectivity index (χ3n) is 7.39. The molecule has 136 valence electrons. The van der Waals surface area contributed by atoms with Crippen molar-refractivity contribution in [3.05, 3.63) is 70.3 Å². The minimum absolute atomic E-state index is 0.418. The van der Waals surface area contributed by atoms with Crippen LogP contribution in [0.25, 0.3) is 0 Å². The van der Waals surface area contributed by atoms with E-state index in [9.17, 15) is 0 Å². The molecule has 1 aliphatic carbocycles. The van der Waals surface area contributed by atoms with Gasteiger partial charge < -0.3 is 0 Å². The molecule has 0 amide bonds. The Kier molecular flexibility index (Phi) is 3.79. The van der Waals surface area contributed by atoms with Gasteiger partial charge in [-0.3, -0.25) is 4.90 Å². The first-order valence-corrected chi connectivity index (χ1v) is 10.5. The summed E-state index contributed by atoms with van der Waals surface area (Å²) in [6.45, 7) is 9.76. The van der Waals surface area contributed by atoms with Crippen LogP contribution in [0.3, 0.4) is 0 Å². The summed E-state index contributed by atoms with van der Waals surface area (Å²) < 4.78 is 0. The van der Waals surface area contributed by atoms with Gasteiger partial charge in [0, 0.05) is 18.5 Å².